The number of anilines is 1. The van der Waals surface area contributed by atoms with E-state index in [1.807, 2.05) is 19.1 Å². The minimum atomic E-state index is -0.967. The smallest absolute Gasteiger partial charge is 0.405 e. The van der Waals surface area contributed by atoms with E-state index in [0.29, 0.717) is 0 Å². The zero-order chi connectivity index (χ0) is 11.5. The second-order valence-electron chi connectivity index (χ2n) is 4.00. The van der Waals surface area contributed by atoms with E-state index in [0.717, 1.165) is 24.9 Å². The van der Waals surface area contributed by atoms with Gasteiger partial charge in [-0.2, -0.15) is 0 Å². The molecule has 86 valence electrons. The van der Waals surface area contributed by atoms with E-state index in [4.69, 9.17) is 5.11 Å². The zero-order valence-corrected chi connectivity index (χ0v) is 9.29. The first-order valence-corrected chi connectivity index (χ1v) is 5.57. The zero-order valence-electron chi connectivity index (χ0n) is 9.29. The van der Waals surface area contributed by atoms with Crippen LogP contribution in [0.4, 0.5) is 10.5 Å². The van der Waals surface area contributed by atoms with Crippen molar-refractivity contribution >= 4 is 11.8 Å². The van der Waals surface area contributed by atoms with Gasteiger partial charge in [0.05, 0.1) is 6.04 Å². The third-order valence-corrected chi connectivity index (χ3v) is 2.95. The van der Waals surface area contributed by atoms with Crippen molar-refractivity contribution in [2.24, 2.45) is 0 Å². The molecule has 4 nitrogen and oxygen atoms in total. The quantitative estimate of drug-likeness (QED) is 0.732. The first kappa shape index (κ1) is 10.8. The van der Waals surface area contributed by atoms with Crippen LogP contribution < -0.4 is 10.6 Å². The molecule has 1 heterocycles. The van der Waals surface area contributed by atoms with E-state index in [1.165, 1.54) is 11.3 Å². The molecule has 0 aromatic heterocycles. The van der Waals surface area contributed by atoms with Gasteiger partial charge in [0, 0.05) is 12.2 Å². The fraction of sp³-hybridized carbons (Fsp3) is 0.417. The number of benzene rings is 1. The van der Waals surface area contributed by atoms with Gasteiger partial charge >= 0.3 is 6.09 Å². The van der Waals surface area contributed by atoms with E-state index >= 15 is 0 Å². The first-order chi connectivity index (χ1) is 7.70. The normalized spacial score (nSPS) is 15.1. The highest BCUT2D eigenvalue weighted by Gasteiger charge is 2.15. The highest BCUT2D eigenvalue weighted by Crippen LogP contribution is 2.26. The molecule has 0 aliphatic carbocycles. The Kier molecular flexibility index (Phi) is 2.99. The lowest BCUT2D eigenvalue weighted by Gasteiger charge is -2.16. The van der Waals surface area contributed by atoms with Gasteiger partial charge in [0.2, 0.25) is 0 Å². The van der Waals surface area contributed by atoms with Crippen molar-refractivity contribution in [3.8, 4) is 0 Å². The second kappa shape index (κ2) is 4.43. The fourth-order valence-corrected chi connectivity index (χ4v) is 2.11. The molecule has 1 aromatic carbocycles. The first-order valence-electron chi connectivity index (χ1n) is 5.57. The summed E-state index contributed by atoms with van der Waals surface area (Å²) in [6.45, 7) is 2.95. The number of hydrogen-bond acceptors (Lipinski definition) is 2. The van der Waals surface area contributed by atoms with Crippen LogP contribution in [0.5, 0.6) is 0 Å². The Balaban J connectivity index is 2.21. The molecule has 1 aromatic rings. The van der Waals surface area contributed by atoms with E-state index < -0.39 is 6.09 Å². The molecule has 3 N–H and O–H groups in total. The lowest BCUT2D eigenvalue weighted by molar-refractivity contribution is 0.189. The number of amides is 1. The summed E-state index contributed by atoms with van der Waals surface area (Å²) in [6, 6.07) is 6.01. The molecule has 1 aliphatic heterocycles. The van der Waals surface area contributed by atoms with E-state index in [1.54, 1.807) is 0 Å². The highest BCUT2D eigenvalue weighted by atomic mass is 16.4. The van der Waals surface area contributed by atoms with E-state index in [9.17, 15) is 4.79 Å². The molecule has 1 unspecified atom stereocenters. The lowest BCUT2D eigenvalue weighted by atomic mass is 10.0. The van der Waals surface area contributed by atoms with Gasteiger partial charge in [0.15, 0.2) is 0 Å². The molecule has 1 atom stereocenters. The standard InChI is InChI=1S/C12H16N2O2/c1-2-10(14-12(15)16)8-3-4-11-9(7-8)5-6-13-11/h3-4,7,10,13-14H,2,5-6H2,1H3,(H,15,16). The molecule has 0 radical (unpaired) electrons. The predicted octanol–water partition coefficient (Wildman–Crippen LogP) is 2.37. The summed E-state index contributed by atoms with van der Waals surface area (Å²) in [7, 11) is 0. The number of hydrogen-bond donors (Lipinski definition) is 3. The molecule has 4 heteroatoms. The molecule has 0 saturated heterocycles. The maximum Gasteiger partial charge on any atom is 0.405 e. The van der Waals surface area contributed by atoms with Gasteiger partial charge in [-0.05, 0) is 30.0 Å². The number of fused-ring (bicyclic) bond motifs is 1. The predicted molar refractivity (Wildman–Crippen MR) is 62.8 cm³/mol. The van der Waals surface area contributed by atoms with Crippen LogP contribution in [-0.2, 0) is 6.42 Å². The van der Waals surface area contributed by atoms with Crippen molar-refractivity contribution < 1.29 is 9.90 Å². The summed E-state index contributed by atoms with van der Waals surface area (Å²) in [5.74, 6) is 0. The third kappa shape index (κ3) is 2.10. The van der Waals surface area contributed by atoms with Crippen molar-refractivity contribution in [2.75, 3.05) is 11.9 Å². The number of rotatable bonds is 3. The Morgan fingerprint density at radius 3 is 3.12 bits per heavy atom. The van der Waals surface area contributed by atoms with Crippen molar-refractivity contribution in [2.45, 2.75) is 25.8 Å². The summed E-state index contributed by atoms with van der Waals surface area (Å²) in [5.41, 5.74) is 3.50. The van der Waals surface area contributed by atoms with Crippen LogP contribution >= 0.6 is 0 Å². The monoisotopic (exact) mass is 220 g/mol. The van der Waals surface area contributed by atoms with Gasteiger partial charge in [0.1, 0.15) is 0 Å². The molecule has 16 heavy (non-hydrogen) atoms. The lowest BCUT2D eigenvalue weighted by Crippen LogP contribution is -2.26. The van der Waals surface area contributed by atoms with Gasteiger partial charge in [-0.1, -0.05) is 19.1 Å². The number of carbonyl (C=O) groups is 1. The number of nitrogens with one attached hydrogen (secondary N) is 2. The molecule has 1 amide bonds. The average molecular weight is 220 g/mol. The minimum Gasteiger partial charge on any atom is -0.465 e. The molecule has 0 fully saturated rings. The SMILES string of the molecule is CCC(NC(=O)O)c1ccc2c(c1)CCN2. The van der Waals surface area contributed by atoms with Gasteiger partial charge in [-0.15, -0.1) is 0 Å². The van der Waals surface area contributed by atoms with Crippen LogP contribution in [0.1, 0.15) is 30.5 Å². The minimum absolute atomic E-state index is 0.108. The van der Waals surface area contributed by atoms with Crippen molar-refractivity contribution in [3.05, 3.63) is 29.3 Å². The molecule has 2 rings (SSSR count). The molecule has 0 bridgehead atoms. The maximum atomic E-state index is 10.7. The van der Waals surface area contributed by atoms with E-state index in [2.05, 4.69) is 16.7 Å². The summed E-state index contributed by atoms with van der Waals surface area (Å²) in [4.78, 5) is 10.7. The Labute approximate surface area is 94.7 Å². The maximum absolute atomic E-state index is 10.7. The molecule has 0 spiro atoms. The van der Waals surface area contributed by atoms with Crippen LogP contribution in [0.3, 0.4) is 0 Å². The van der Waals surface area contributed by atoms with Gasteiger partial charge in [-0.25, -0.2) is 4.79 Å². The second-order valence-corrected chi connectivity index (χ2v) is 4.00. The summed E-state index contributed by atoms with van der Waals surface area (Å²) >= 11 is 0. The van der Waals surface area contributed by atoms with E-state index in [-0.39, 0.29) is 6.04 Å². The Hall–Kier alpha value is -1.71. The van der Waals surface area contributed by atoms with Gasteiger partial charge in [-0.3, -0.25) is 0 Å². The summed E-state index contributed by atoms with van der Waals surface area (Å²) in [6.07, 6.45) is 0.816. The van der Waals surface area contributed by atoms with Gasteiger partial charge in [0.25, 0.3) is 0 Å². The molecular weight excluding hydrogens is 204 g/mol. The third-order valence-electron chi connectivity index (χ3n) is 2.95. The topological polar surface area (TPSA) is 61.4 Å². The van der Waals surface area contributed by atoms with Crippen molar-refractivity contribution in [1.82, 2.24) is 5.32 Å². The molecule has 0 saturated carbocycles. The van der Waals surface area contributed by atoms with Crippen LogP contribution in [0, 0.1) is 0 Å². The largest absolute Gasteiger partial charge is 0.465 e. The van der Waals surface area contributed by atoms with Crippen molar-refractivity contribution in [3.63, 3.8) is 0 Å². The Morgan fingerprint density at radius 1 is 1.62 bits per heavy atom. The Bertz CT molecular complexity index is 404. The summed E-state index contributed by atoms with van der Waals surface area (Å²) in [5, 5.41) is 14.6. The fourth-order valence-electron chi connectivity index (χ4n) is 2.11. The van der Waals surface area contributed by atoms with Crippen LogP contribution in [0.15, 0.2) is 18.2 Å². The number of carboxylic acid groups (broad SMARTS) is 1. The van der Waals surface area contributed by atoms with Crippen LogP contribution in [0.25, 0.3) is 0 Å². The van der Waals surface area contributed by atoms with Crippen molar-refractivity contribution in [1.29, 1.82) is 0 Å². The highest BCUT2D eigenvalue weighted by molar-refractivity contribution is 5.65. The van der Waals surface area contributed by atoms with Crippen LogP contribution in [0.2, 0.25) is 0 Å². The molecular formula is C12H16N2O2. The average Bonchev–Trinajstić information content (AvgIpc) is 2.72. The summed E-state index contributed by atoms with van der Waals surface area (Å²) < 4.78 is 0. The Morgan fingerprint density at radius 2 is 2.44 bits per heavy atom. The van der Waals surface area contributed by atoms with Gasteiger partial charge < -0.3 is 15.7 Å². The molecule has 1 aliphatic rings. The van der Waals surface area contributed by atoms with Crippen LogP contribution in [-0.4, -0.2) is 17.7 Å².